The number of nitrogens with one attached hydrogen (secondary N) is 2. The van der Waals surface area contributed by atoms with Crippen molar-refractivity contribution >= 4 is 17.5 Å². The number of amides is 2. The number of hydrogen-bond acceptors (Lipinski definition) is 3. The van der Waals surface area contributed by atoms with Crippen LogP contribution in [-0.2, 0) is 16.1 Å². The summed E-state index contributed by atoms with van der Waals surface area (Å²) in [5.41, 5.74) is 7.54. The maximum absolute atomic E-state index is 12.4. The van der Waals surface area contributed by atoms with E-state index in [0.29, 0.717) is 6.54 Å². The van der Waals surface area contributed by atoms with Crippen molar-refractivity contribution in [3.63, 3.8) is 0 Å². The Morgan fingerprint density at radius 1 is 1.36 bits per heavy atom. The van der Waals surface area contributed by atoms with Gasteiger partial charge in [0.1, 0.15) is 0 Å². The second-order valence-corrected chi connectivity index (χ2v) is 6.40. The fraction of sp³-hybridized carbons (Fsp3) is 0.529. The maximum atomic E-state index is 12.4. The van der Waals surface area contributed by atoms with Crippen LogP contribution in [0.1, 0.15) is 45.1 Å². The molecule has 1 saturated carbocycles. The molecule has 0 heterocycles. The fourth-order valence-electron chi connectivity index (χ4n) is 3.06. The van der Waals surface area contributed by atoms with Crippen molar-refractivity contribution in [1.29, 1.82) is 0 Å². The molecule has 120 valence electrons. The minimum absolute atomic E-state index is 0.0228. The van der Waals surface area contributed by atoms with Gasteiger partial charge in [0.15, 0.2) is 0 Å². The molecule has 22 heavy (non-hydrogen) atoms. The molecule has 2 amide bonds. The van der Waals surface area contributed by atoms with E-state index in [4.69, 9.17) is 5.73 Å². The van der Waals surface area contributed by atoms with E-state index in [0.717, 1.165) is 36.9 Å². The molecule has 1 aliphatic carbocycles. The molecule has 0 aromatic heterocycles. The van der Waals surface area contributed by atoms with Crippen LogP contribution in [0.3, 0.4) is 0 Å². The van der Waals surface area contributed by atoms with E-state index in [1.807, 2.05) is 31.2 Å². The second-order valence-electron chi connectivity index (χ2n) is 6.40. The average molecular weight is 303 g/mol. The number of hydrogen-bond donors (Lipinski definition) is 3. The SMILES string of the molecule is CC(=O)Nc1cccc(CNC(=O)C2CCCCC2(C)N)c1. The molecule has 0 radical (unpaired) electrons. The normalized spacial score (nSPS) is 24.6. The van der Waals surface area contributed by atoms with Crippen LogP contribution in [0.15, 0.2) is 24.3 Å². The van der Waals surface area contributed by atoms with Gasteiger partial charge in [-0.3, -0.25) is 9.59 Å². The topological polar surface area (TPSA) is 84.2 Å². The molecule has 1 aromatic carbocycles. The monoisotopic (exact) mass is 303 g/mol. The minimum Gasteiger partial charge on any atom is -0.352 e. The van der Waals surface area contributed by atoms with E-state index in [1.54, 1.807) is 0 Å². The first kappa shape index (κ1) is 16.5. The molecule has 1 aromatic rings. The van der Waals surface area contributed by atoms with Crippen molar-refractivity contribution in [3.8, 4) is 0 Å². The molecular formula is C17H25N3O2. The lowest BCUT2D eigenvalue weighted by Gasteiger charge is -2.37. The van der Waals surface area contributed by atoms with Gasteiger partial charge in [-0.05, 0) is 37.5 Å². The largest absolute Gasteiger partial charge is 0.352 e. The zero-order valence-electron chi connectivity index (χ0n) is 13.3. The number of anilines is 1. The van der Waals surface area contributed by atoms with Gasteiger partial charge in [0.2, 0.25) is 11.8 Å². The highest BCUT2D eigenvalue weighted by Gasteiger charge is 2.37. The van der Waals surface area contributed by atoms with Gasteiger partial charge in [0.05, 0.1) is 5.92 Å². The van der Waals surface area contributed by atoms with E-state index in [2.05, 4.69) is 10.6 Å². The highest BCUT2D eigenvalue weighted by Crippen LogP contribution is 2.31. The third kappa shape index (κ3) is 4.31. The van der Waals surface area contributed by atoms with Gasteiger partial charge in [-0.25, -0.2) is 0 Å². The predicted molar refractivity (Wildman–Crippen MR) is 87.1 cm³/mol. The Kier molecular flexibility index (Phi) is 5.19. The zero-order valence-corrected chi connectivity index (χ0v) is 13.3. The van der Waals surface area contributed by atoms with Gasteiger partial charge in [-0.15, -0.1) is 0 Å². The molecule has 2 atom stereocenters. The molecular weight excluding hydrogens is 278 g/mol. The van der Waals surface area contributed by atoms with Crippen molar-refractivity contribution < 1.29 is 9.59 Å². The molecule has 1 aliphatic rings. The lowest BCUT2D eigenvalue weighted by atomic mass is 9.74. The van der Waals surface area contributed by atoms with Crippen LogP contribution in [0.25, 0.3) is 0 Å². The summed E-state index contributed by atoms with van der Waals surface area (Å²) in [6, 6.07) is 7.48. The van der Waals surface area contributed by atoms with E-state index in [-0.39, 0.29) is 17.7 Å². The summed E-state index contributed by atoms with van der Waals surface area (Å²) in [5.74, 6) is -0.211. The van der Waals surface area contributed by atoms with Gasteiger partial charge in [0, 0.05) is 24.7 Å². The number of benzene rings is 1. The molecule has 4 N–H and O–H groups in total. The number of carbonyl (C=O) groups excluding carboxylic acids is 2. The first-order valence-corrected chi connectivity index (χ1v) is 7.81. The van der Waals surface area contributed by atoms with Gasteiger partial charge in [-0.1, -0.05) is 25.0 Å². The molecule has 0 aliphatic heterocycles. The van der Waals surface area contributed by atoms with Crippen LogP contribution in [0, 0.1) is 5.92 Å². The third-order valence-corrected chi connectivity index (χ3v) is 4.28. The number of carbonyl (C=O) groups is 2. The van der Waals surface area contributed by atoms with Crippen LogP contribution in [0.2, 0.25) is 0 Å². The molecule has 2 rings (SSSR count). The standard InChI is InChI=1S/C17H25N3O2/c1-12(21)20-14-7-5-6-13(10-14)11-19-16(22)15-8-3-4-9-17(15,2)18/h5-7,10,15H,3-4,8-9,11,18H2,1-2H3,(H,19,22)(H,20,21). The Balaban J connectivity index is 1.94. The van der Waals surface area contributed by atoms with Crippen LogP contribution in [-0.4, -0.2) is 17.4 Å². The summed E-state index contributed by atoms with van der Waals surface area (Å²) < 4.78 is 0. The summed E-state index contributed by atoms with van der Waals surface area (Å²) in [6.07, 6.45) is 3.90. The Labute approximate surface area is 131 Å². The van der Waals surface area contributed by atoms with Crippen LogP contribution in [0.4, 0.5) is 5.69 Å². The summed E-state index contributed by atoms with van der Waals surface area (Å²) in [6.45, 7) is 3.88. The highest BCUT2D eigenvalue weighted by atomic mass is 16.2. The van der Waals surface area contributed by atoms with Crippen molar-refractivity contribution in [1.82, 2.24) is 5.32 Å². The van der Waals surface area contributed by atoms with E-state index in [1.165, 1.54) is 6.92 Å². The van der Waals surface area contributed by atoms with Gasteiger partial charge in [0.25, 0.3) is 0 Å². The first-order chi connectivity index (χ1) is 10.4. The Bertz CT molecular complexity index is 555. The van der Waals surface area contributed by atoms with Crippen LogP contribution in [0.5, 0.6) is 0 Å². The van der Waals surface area contributed by atoms with Crippen molar-refractivity contribution in [2.24, 2.45) is 11.7 Å². The Hall–Kier alpha value is -1.88. The van der Waals surface area contributed by atoms with Gasteiger partial charge < -0.3 is 16.4 Å². The first-order valence-electron chi connectivity index (χ1n) is 7.81. The summed E-state index contributed by atoms with van der Waals surface area (Å²) in [5, 5.41) is 5.71. The maximum Gasteiger partial charge on any atom is 0.225 e. The smallest absolute Gasteiger partial charge is 0.225 e. The van der Waals surface area contributed by atoms with Gasteiger partial charge in [-0.2, -0.15) is 0 Å². The molecule has 5 nitrogen and oxygen atoms in total. The summed E-state index contributed by atoms with van der Waals surface area (Å²) >= 11 is 0. The molecule has 5 heteroatoms. The molecule has 0 spiro atoms. The lowest BCUT2D eigenvalue weighted by Crippen LogP contribution is -2.52. The Morgan fingerprint density at radius 2 is 2.14 bits per heavy atom. The zero-order chi connectivity index (χ0) is 16.2. The lowest BCUT2D eigenvalue weighted by molar-refractivity contribution is -0.128. The average Bonchev–Trinajstić information content (AvgIpc) is 2.44. The Morgan fingerprint density at radius 3 is 2.82 bits per heavy atom. The van der Waals surface area contributed by atoms with E-state index < -0.39 is 5.54 Å². The van der Waals surface area contributed by atoms with E-state index >= 15 is 0 Å². The predicted octanol–water partition coefficient (Wildman–Crippen LogP) is 2.17. The molecule has 0 saturated heterocycles. The minimum atomic E-state index is -0.416. The molecule has 0 bridgehead atoms. The molecule has 1 fully saturated rings. The third-order valence-electron chi connectivity index (χ3n) is 4.28. The number of rotatable bonds is 4. The summed E-state index contributed by atoms with van der Waals surface area (Å²) in [4.78, 5) is 23.5. The van der Waals surface area contributed by atoms with Crippen molar-refractivity contribution in [3.05, 3.63) is 29.8 Å². The van der Waals surface area contributed by atoms with Crippen LogP contribution >= 0.6 is 0 Å². The van der Waals surface area contributed by atoms with Gasteiger partial charge >= 0.3 is 0 Å². The van der Waals surface area contributed by atoms with Crippen molar-refractivity contribution in [2.45, 2.75) is 51.6 Å². The van der Waals surface area contributed by atoms with E-state index in [9.17, 15) is 9.59 Å². The fourth-order valence-corrected chi connectivity index (χ4v) is 3.06. The highest BCUT2D eigenvalue weighted by molar-refractivity contribution is 5.88. The molecule has 2 unspecified atom stereocenters. The quantitative estimate of drug-likeness (QED) is 0.797. The number of nitrogens with two attached hydrogens (primary N) is 1. The second kappa shape index (κ2) is 6.92. The summed E-state index contributed by atoms with van der Waals surface area (Å²) in [7, 11) is 0. The van der Waals surface area contributed by atoms with Crippen LogP contribution < -0.4 is 16.4 Å². The van der Waals surface area contributed by atoms with Crippen molar-refractivity contribution in [2.75, 3.05) is 5.32 Å².